The van der Waals surface area contributed by atoms with Gasteiger partial charge >= 0.3 is 0 Å². The molecule has 0 amide bonds. The molecule has 0 N–H and O–H groups in total. The highest BCUT2D eigenvalue weighted by Crippen LogP contribution is 2.24. The maximum Gasteiger partial charge on any atom is 0.0636 e. The largest absolute Gasteiger partial charge is 0.257 e. The van der Waals surface area contributed by atoms with E-state index in [0.717, 1.165) is 11.3 Å². The normalized spacial score (nSPS) is 15.0. The van der Waals surface area contributed by atoms with Gasteiger partial charge in [0, 0.05) is 11.8 Å². The van der Waals surface area contributed by atoms with Crippen molar-refractivity contribution in [1.82, 2.24) is 0 Å². The van der Waals surface area contributed by atoms with Gasteiger partial charge in [-0.1, -0.05) is 36.9 Å². The second-order valence-corrected chi connectivity index (χ2v) is 2.67. The molecule has 2 rings (SSSR count). The zero-order valence-corrected chi connectivity index (χ0v) is 6.70. The Balaban J connectivity index is 2.40. The molecule has 58 valence electrons. The number of aliphatic imine (C=N–C) groups is 1. The molecule has 0 unspecified atom stereocenters. The number of allylic oxidation sites excluding steroid dienone is 2. The van der Waals surface area contributed by atoms with Crippen molar-refractivity contribution >= 4 is 11.8 Å². The first-order chi connectivity index (χ1) is 5.88. The second-order valence-electron chi connectivity index (χ2n) is 2.67. The van der Waals surface area contributed by atoms with Crippen LogP contribution in [0.3, 0.4) is 0 Å². The average Bonchev–Trinajstić information content (AvgIpc) is 2.53. The monoisotopic (exact) mass is 155 g/mol. The number of hydrogen-bond donors (Lipinski definition) is 0. The Morgan fingerprint density at radius 1 is 1.08 bits per heavy atom. The second kappa shape index (κ2) is 2.78. The van der Waals surface area contributed by atoms with Gasteiger partial charge in [-0.05, 0) is 11.6 Å². The molecule has 1 heteroatoms. The Morgan fingerprint density at radius 3 is 2.42 bits per heavy atom. The number of hydrogen-bond acceptors (Lipinski definition) is 1. The van der Waals surface area contributed by atoms with Gasteiger partial charge in [-0.3, -0.25) is 4.99 Å². The number of benzene rings is 1. The fraction of sp³-hybridized carbons (Fsp3) is 0. The predicted molar refractivity (Wildman–Crippen MR) is 52.1 cm³/mol. The molecule has 1 aromatic rings. The van der Waals surface area contributed by atoms with Gasteiger partial charge in [-0.2, -0.15) is 0 Å². The summed E-state index contributed by atoms with van der Waals surface area (Å²) in [5, 5.41) is 0. The van der Waals surface area contributed by atoms with Crippen molar-refractivity contribution < 1.29 is 0 Å². The van der Waals surface area contributed by atoms with Gasteiger partial charge in [0.15, 0.2) is 0 Å². The van der Waals surface area contributed by atoms with Crippen molar-refractivity contribution in [2.45, 2.75) is 0 Å². The summed E-state index contributed by atoms with van der Waals surface area (Å²) >= 11 is 0. The van der Waals surface area contributed by atoms with E-state index in [4.69, 9.17) is 0 Å². The summed E-state index contributed by atoms with van der Waals surface area (Å²) in [5.41, 5.74) is 3.15. The Morgan fingerprint density at radius 2 is 1.83 bits per heavy atom. The lowest BCUT2D eigenvalue weighted by molar-refractivity contribution is 1.48. The topological polar surface area (TPSA) is 12.4 Å². The van der Waals surface area contributed by atoms with E-state index < -0.39 is 0 Å². The third kappa shape index (κ3) is 1.10. The Hall–Kier alpha value is -1.63. The number of nitrogens with zero attached hydrogens (tertiary/aromatic N) is 1. The first-order valence-electron chi connectivity index (χ1n) is 3.87. The molecule has 1 aliphatic heterocycles. The first kappa shape index (κ1) is 7.04. The summed E-state index contributed by atoms with van der Waals surface area (Å²) in [4.78, 5) is 4.08. The molecule has 0 radical (unpaired) electrons. The highest BCUT2D eigenvalue weighted by Gasteiger charge is 2.06. The van der Waals surface area contributed by atoms with Gasteiger partial charge in [0.1, 0.15) is 0 Å². The van der Waals surface area contributed by atoms with Gasteiger partial charge in [-0.25, -0.2) is 0 Å². The molecule has 1 heterocycles. The minimum absolute atomic E-state index is 0.848. The SMILES string of the molecule is C=C1N=CC=C1c1ccccc1. The minimum atomic E-state index is 0.848. The molecule has 0 saturated heterocycles. The van der Waals surface area contributed by atoms with E-state index in [2.05, 4.69) is 23.7 Å². The third-order valence-corrected chi connectivity index (χ3v) is 1.87. The molecule has 12 heavy (non-hydrogen) atoms. The van der Waals surface area contributed by atoms with E-state index in [1.54, 1.807) is 6.21 Å². The summed E-state index contributed by atoms with van der Waals surface area (Å²) in [5.74, 6) is 0. The quantitative estimate of drug-likeness (QED) is 0.591. The molecule has 1 nitrogen and oxygen atoms in total. The van der Waals surface area contributed by atoms with Gasteiger partial charge in [-0.15, -0.1) is 0 Å². The smallest absolute Gasteiger partial charge is 0.0636 e. The summed E-state index contributed by atoms with van der Waals surface area (Å²) in [7, 11) is 0. The van der Waals surface area contributed by atoms with Crippen molar-refractivity contribution in [3.63, 3.8) is 0 Å². The van der Waals surface area contributed by atoms with Crippen LogP contribution in [-0.4, -0.2) is 6.21 Å². The van der Waals surface area contributed by atoms with Gasteiger partial charge in [0.2, 0.25) is 0 Å². The van der Waals surface area contributed by atoms with Crippen molar-refractivity contribution in [1.29, 1.82) is 0 Å². The van der Waals surface area contributed by atoms with E-state index in [0.29, 0.717) is 0 Å². The fourth-order valence-corrected chi connectivity index (χ4v) is 1.25. The average molecular weight is 155 g/mol. The van der Waals surface area contributed by atoms with Gasteiger partial charge < -0.3 is 0 Å². The molecular weight excluding hydrogens is 146 g/mol. The Kier molecular flexibility index (Phi) is 1.63. The van der Waals surface area contributed by atoms with Crippen molar-refractivity contribution in [3.8, 4) is 0 Å². The standard InChI is InChI=1S/C11H9N/c1-9-11(7-8-12-9)10-5-3-2-4-6-10/h2-8H,1H2. The van der Waals surface area contributed by atoms with Crippen molar-refractivity contribution in [3.05, 3.63) is 54.2 Å². The minimum Gasteiger partial charge on any atom is -0.257 e. The molecule has 0 bridgehead atoms. The van der Waals surface area contributed by atoms with Crippen LogP contribution >= 0.6 is 0 Å². The van der Waals surface area contributed by atoms with Gasteiger partial charge in [0.05, 0.1) is 5.70 Å². The van der Waals surface area contributed by atoms with Gasteiger partial charge in [0.25, 0.3) is 0 Å². The third-order valence-electron chi connectivity index (χ3n) is 1.87. The maximum absolute atomic E-state index is 4.08. The van der Waals surface area contributed by atoms with E-state index in [9.17, 15) is 0 Å². The highest BCUT2D eigenvalue weighted by molar-refractivity contribution is 5.96. The lowest BCUT2D eigenvalue weighted by Crippen LogP contribution is -1.81. The van der Waals surface area contributed by atoms with Crippen LogP contribution in [0.1, 0.15) is 5.56 Å². The molecule has 0 fully saturated rings. The maximum atomic E-state index is 4.08. The van der Waals surface area contributed by atoms with Crippen LogP contribution in [0, 0.1) is 0 Å². The molecule has 0 aliphatic carbocycles. The lowest BCUT2D eigenvalue weighted by atomic mass is 10.1. The first-order valence-corrected chi connectivity index (χ1v) is 3.87. The van der Waals surface area contributed by atoms with Crippen molar-refractivity contribution in [2.24, 2.45) is 4.99 Å². The zero-order chi connectivity index (χ0) is 8.39. The highest BCUT2D eigenvalue weighted by atomic mass is 14.7. The fourth-order valence-electron chi connectivity index (χ4n) is 1.25. The van der Waals surface area contributed by atoms with E-state index in [1.807, 2.05) is 24.3 Å². The molecular formula is C11H9N. The predicted octanol–water partition coefficient (Wildman–Crippen LogP) is 2.67. The Labute approximate surface area is 71.8 Å². The van der Waals surface area contributed by atoms with Crippen LogP contribution in [0.4, 0.5) is 0 Å². The molecule has 0 saturated carbocycles. The van der Waals surface area contributed by atoms with Crippen LogP contribution in [0.5, 0.6) is 0 Å². The van der Waals surface area contributed by atoms with Crippen LogP contribution in [-0.2, 0) is 0 Å². The van der Waals surface area contributed by atoms with Crippen LogP contribution in [0.2, 0.25) is 0 Å². The molecule has 1 aliphatic rings. The van der Waals surface area contributed by atoms with Crippen LogP contribution < -0.4 is 0 Å². The molecule has 0 atom stereocenters. The summed E-state index contributed by atoms with van der Waals surface area (Å²) < 4.78 is 0. The molecule has 0 aromatic heterocycles. The molecule has 0 spiro atoms. The Bertz CT molecular complexity index is 358. The van der Waals surface area contributed by atoms with Crippen LogP contribution in [0.25, 0.3) is 5.57 Å². The summed E-state index contributed by atoms with van der Waals surface area (Å²) in [6, 6.07) is 10.2. The van der Waals surface area contributed by atoms with E-state index >= 15 is 0 Å². The van der Waals surface area contributed by atoms with Crippen LogP contribution in [0.15, 0.2) is 53.7 Å². The van der Waals surface area contributed by atoms with E-state index in [1.165, 1.54) is 5.56 Å². The van der Waals surface area contributed by atoms with Crippen molar-refractivity contribution in [2.75, 3.05) is 0 Å². The van der Waals surface area contributed by atoms with E-state index in [-0.39, 0.29) is 0 Å². The summed E-state index contributed by atoms with van der Waals surface area (Å²) in [6.07, 6.45) is 3.77. The number of rotatable bonds is 1. The lowest BCUT2D eigenvalue weighted by Gasteiger charge is -2.00. The molecule has 1 aromatic carbocycles. The summed E-state index contributed by atoms with van der Waals surface area (Å²) in [6.45, 7) is 3.85. The zero-order valence-electron chi connectivity index (χ0n) is 6.70.